The summed E-state index contributed by atoms with van der Waals surface area (Å²) < 4.78 is 7.56. The van der Waals surface area contributed by atoms with Gasteiger partial charge in [0.15, 0.2) is 0 Å². The molecule has 1 N–H and O–H groups in total. The standard InChI is InChI=1S/C12H19N5O/c1-3-5-11-15-16-12(18-11)14-6-4-8-17-9-7-13-10(17)2/h7,9H,3-6,8H2,1-2H3,(H,14,16). The van der Waals surface area contributed by atoms with E-state index in [1.54, 1.807) is 0 Å². The molecule has 0 amide bonds. The Labute approximate surface area is 106 Å². The lowest BCUT2D eigenvalue weighted by Crippen LogP contribution is -2.07. The summed E-state index contributed by atoms with van der Waals surface area (Å²) in [6, 6.07) is 0.515. The summed E-state index contributed by atoms with van der Waals surface area (Å²) in [5.74, 6) is 1.74. The number of nitrogens with zero attached hydrogens (tertiary/aromatic N) is 4. The molecule has 0 aromatic carbocycles. The molecule has 6 heteroatoms. The molecule has 2 aromatic heterocycles. The van der Waals surface area contributed by atoms with Crippen LogP contribution in [0, 0.1) is 6.92 Å². The van der Waals surface area contributed by atoms with Gasteiger partial charge in [-0.05, 0) is 19.8 Å². The van der Waals surface area contributed by atoms with Gasteiger partial charge in [0.25, 0.3) is 0 Å². The Hall–Kier alpha value is -1.85. The molecule has 2 rings (SSSR count). The number of hydrogen-bond donors (Lipinski definition) is 1. The van der Waals surface area contributed by atoms with Crippen LogP contribution in [-0.4, -0.2) is 26.3 Å². The Kier molecular flexibility index (Phi) is 4.33. The van der Waals surface area contributed by atoms with Crippen molar-refractivity contribution in [2.75, 3.05) is 11.9 Å². The average Bonchev–Trinajstić information content (AvgIpc) is 2.95. The normalized spacial score (nSPS) is 10.8. The minimum atomic E-state index is 0.515. The van der Waals surface area contributed by atoms with E-state index in [4.69, 9.17) is 4.42 Å². The number of nitrogens with one attached hydrogen (secondary N) is 1. The molecule has 0 atom stereocenters. The lowest BCUT2D eigenvalue weighted by atomic mass is 10.3. The number of rotatable bonds is 7. The highest BCUT2D eigenvalue weighted by atomic mass is 16.4. The average molecular weight is 249 g/mol. The number of hydrogen-bond acceptors (Lipinski definition) is 5. The molecule has 0 radical (unpaired) electrons. The minimum absolute atomic E-state index is 0.515. The van der Waals surface area contributed by atoms with E-state index >= 15 is 0 Å². The van der Waals surface area contributed by atoms with Crippen molar-refractivity contribution in [2.24, 2.45) is 0 Å². The first-order chi connectivity index (χ1) is 8.79. The maximum atomic E-state index is 5.43. The molecule has 98 valence electrons. The van der Waals surface area contributed by atoms with Crippen molar-refractivity contribution in [3.63, 3.8) is 0 Å². The van der Waals surface area contributed by atoms with Gasteiger partial charge in [-0.1, -0.05) is 12.0 Å². The molecular weight excluding hydrogens is 230 g/mol. The molecular formula is C12H19N5O. The molecule has 0 aliphatic rings. The molecule has 2 aromatic rings. The molecule has 0 aliphatic carbocycles. The summed E-state index contributed by atoms with van der Waals surface area (Å²) >= 11 is 0. The summed E-state index contributed by atoms with van der Waals surface area (Å²) in [4.78, 5) is 4.18. The fourth-order valence-electron chi connectivity index (χ4n) is 1.72. The molecule has 0 unspecified atom stereocenters. The summed E-state index contributed by atoms with van der Waals surface area (Å²) in [5, 5.41) is 11.0. The largest absolute Gasteiger partial charge is 0.408 e. The maximum absolute atomic E-state index is 5.43. The van der Waals surface area contributed by atoms with Gasteiger partial charge >= 0.3 is 6.01 Å². The number of aromatic nitrogens is 4. The van der Waals surface area contributed by atoms with Crippen LogP contribution >= 0.6 is 0 Å². The molecule has 0 aliphatic heterocycles. The monoisotopic (exact) mass is 249 g/mol. The van der Waals surface area contributed by atoms with Gasteiger partial charge in [-0.25, -0.2) is 4.98 Å². The third kappa shape index (κ3) is 3.32. The van der Waals surface area contributed by atoms with Gasteiger partial charge in [0.2, 0.25) is 5.89 Å². The zero-order valence-electron chi connectivity index (χ0n) is 10.9. The molecule has 6 nitrogen and oxygen atoms in total. The van der Waals surface area contributed by atoms with E-state index in [1.165, 1.54) is 0 Å². The second kappa shape index (κ2) is 6.18. The highest BCUT2D eigenvalue weighted by Crippen LogP contribution is 2.07. The van der Waals surface area contributed by atoms with Crippen LogP contribution in [0.4, 0.5) is 6.01 Å². The van der Waals surface area contributed by atoms with E-state index < -0.39 is 0 Å². The zero-order valence-corrected chi connectivity index (χ0v) is 10.9. The van der Waals surface area contributed by atoms with E-state index in [-0.39, 0.29) is 0 Å². The van der Waals surface area contributed by atoms with Crippen LogP contribution in [0.25, 0.3) is 0 Å². The van der Waals surface area contributed by atoms with Crippen molar-refractivity contribution >= 4 is 6.01 Å². The zero-order chi connectivity index (χ0) is 12.8. The van der Waals surface area contributed by atoms with E-state index in [0.717, 1.165) is 38.2 Å². The van der Waals surface area contributed by atoms with E-state index in [9.17, 15) is 0 Å². The molecule has 0 saturated heterocycles. The molecule has 0 fully saturated rings. The lowest BCUT2D eigenvalue weighted by molar-refractivity contribution is 0.499. The van der Waals surface area contributed by atoms with Crippen molar-refractivity contribution in [3.05, 3.63) is 24.1 Å². The Balaban J connectivity index is 1.70. The maximum Gasteiger partial charge on any atom is 0.315 e. The third-order valence-corrected chi connectivity index (χ3v) is 2.71. The van der Waals surface area contributed by atoms with E-state index in [2.05, 4.69) is 32.0 Å². The molecule has 0 spiro atoms. The lowest BCUT2D eigenvalue weighted by Gasteiger charge is -2.04. The fraction of sp³-hybridized carbons (Fsp3) is 0.583. The highest BCUT2D eigenvalue weighted by Gasteiger charge is 2.03. The summed E-state index contributed by atoms with van der Waals surface area (Å²) in [6.45, 7) is 5.84. The summed E-state index contributed by atoms with van der Waals surface area (Å²) in [5.41, 5.74) is 0. The van der Waals surface area contributed by atoms with Gasteiger partial charge in [-0.15, -0.1) is 5.10 Å². The van der Waals surface area contributed by atoms with Gasteiger partial charge in [0, 0.05) is 31.9 Å². The van der Waals surface area contributed by atoms with Crippen molar-refractivity contribution in [1.82, 2.24) is 19.7 Å². The van der Waals surface area contributed by atoms with Crippen LogP contribution in [0.15, 0.2) is 16.8 Å². The number of anilines is 1. The Morgan fingerprint density at radius 3 is 3.00 bits per heavy atom. The van der Waals surface area contributed by atoms with Crippen LogP contribution in [0.1, 0.15) is 31.5 Å². The predicted octanol–water partition coefficient (Wildman–Crippen LogP) is 2.03. The van der Waals surface area contributed by atoms with E-state index in [1.807, 2.05) is 19.3 Å². The Morgan fingerprint density at radius 2 is 2.28 bits per heavy atom. The Morgan fingerprint density at radius 1 is 1.39 bits per heavy atom. The first-order valence-corrected chi connectivity index (χ1v) is 6.33. The van der Waals surface area contributed by atoms with Crippen LogP contribution in [0.3, 0.4) is 0 Å². The van der Waals surface area contributed by atoms with Crippen LogP contribution in [0.5, 0.6) is 0 Å². The second-order valence-electron chi connectivity index (χ2n) is 4.20. The first-order valence-electron chi connectivity index (χ1n) is 6.33. The van der Waals surface area contributed by atoms with Gasteiger partial charge in [-0.2, -0.15) is 0 Å². The van der Waals surface area contributed by atoms with Crippen LogP contribution in [-0.2, 0) is 13.0 Å². The minimum Gasteiger partial charge on any atom is -0.408 e. The topological polar surface area (TPSA) is 68.8 Å². The van der Waals surface area contributed by atoms with Gasteiger partial charge in [0.1, 0.15) is 5.82 Å². The number of imidazole rings is 1. The predicted molar refractivity (Wildman–Crippen MR) is 68.4 cm³/mol. The third-order valence-electron chi connectivity index (χ3n) is 2.71. The fourth-order valence-corrected chi connectivity index (χ4v) is 1.72. The smallest absolute Gasteiger partial charge is 0.315 e. The Bertz CT molecular complexity index is 476. The molecule has 0 saturated carbocycles. The second-order valence-corrected chi connectivity index (χ2v) is 4.20. The van der Waals surface area contributed by atoms with Gasteiger partial charge in [-0.3, -0.25) is 0 Å². The van der Waals surface area contributed by atoms with Crippen LogP contribution in [0.2, 0.25) is 0 Å². The SMILES string of the molecule is CCCc1nnc(NCCCn2ccnc2C)o1. The summed E-state index contributed by atoms with van der Waals surface area (Å²) in [6.07, 6.45) is 6.65. The van der Waals surface area contributed by atoms with Crippen molar-refractivity contribution in [1.29, 1.82) is 0 Å². The molecule has 2 heterocycles. The number of aryl methyl sites for hydroxylation is 3. The van der Waals surface area contributed by atoms with Gasteiger partial charge < -0.3 is 14.3 Å². The van der Waals surface area contributed by atoms with Crippen LogP contribution < -0.4 is 5.32 Å². The summed E-state index contributed by atoms with van der Waals surface area (Å²) in [7, 11) is 0. The van der Waals surface area contributed by atoms with Crippen molar-refractivity contribution in [2.45, 2.75) is 39.7 Å². The van der Waals surface area contributed by atoms with Crippen molar-refractivity contribution < 1.29 is 4.42 Å². The molecule has 0 bridgehead atoms. The highest BCUT2D eigenvalue weighted by molar-refractivity contribution is 5.16. The van der Waals surface area contributed by atoms with Crippen molar-refractivity contribution in [3.8, 4) is 0 Å². The molecule has 18 heavy (non-hydrogen) atoms. The van der Waals surface area contributed by atoms with Gasteiger partial charge in [0.05, 0.1) is 0 Å². The van der Waals surface area contributed by atoms with E-state index in [0.29, 0.717) is 11.9 Å². The first kappa shape index (κ1) is 12.6. The quantitative estimate of drug-likeness (QED) is 0.760.